The van der Waals surface area contributed by atoms with Gasteiger partial charge in [0.25, 0.3) is 0 Å². The van der Waals surface area contributed by atoms with E-state index in [2.05, 4.69) is 19.2 Å². The van der Waals surface area contributed by atoms with Gasteiger partial charge in [0.1, 0.15) is 0 Å². The Labute approximate surface area is 111 Å². The quantitative estimate of drug-likeness (QED) is 0.765. The fourth-order valence-electron chi connectivity index (χ4n) is 3.09. The lowest BCUT2D eigenvalue weighted by Gasteiger charge is -2.37. The number of rotatable bonds is 6. The molecule has 0 bridgehead atoms. The van der Waals surface area contributed by atoms with Crippen molar-refractivity contribution in [1.82, 2.24) is 5.32 Å². The van der Waals surface area contributed by atoms with Crippen LogP contribution < -0.4 is 5.32 Å². The maximum absolute atomic E-state index is 9.66. The lowest BCUT2D eigenvalue weighted by molar-refractivity contribution is -0.0418. The average molecular weight is 255 g/mol. The van der Waals surface area contributed by atoms with Crippen molar-refractivity contribution < 1.29 is 9.84 Å². The van der Waals surface area contributed by atoms with E-state index in [0.717, 1.165) is 0 Å². The molecule has 2 aliphatic rings. The molecule has 18 heavy (non-hydrogen) atoms. The second-order valence-corrected chi connectivity index (χ2v) is 7.01. The molecule has 106 valence electrons. The number of aliphatic hydroxyl groups is 1. The Kier molecular flexibility index (Phi) is 4.35. The normalized spacial score (nSPS) is 28.0. The Morgan fingerprint density at radius 1 is 1.22 bits per heavy atom. The molecule has 2 saturated carbocycles. The van der Waals surface area contributed by atoms with Crippen LogP contribution in [0.1, 0.15) is 52.4 Å². The predicted octanol–water partition coefficient (Wildman–Crippen LogP) is 2.33. The molecule has 0 aliphatic heterocycles. The Morgan fingerprint density at radius 2 is 1.83 bits per heavy atom. The molecule has 2 fully saturated rings. The Morgan fingerprint density at radius 3 is 2.28 bits per heavy atom. The summed E-state index contributed by atoms with van der Waals surface area (Å²) in [6.07, 6.45) is 7.70. The minimum absolute atomic E-state index is 0.187. The summed E-state index contributed by atoms with van der Waals surface area (Å²) in [5.41, 5.74) is 0.306. The Bertz CT molecular complexity index is 260. The van der Waals surface area contributed by atoms with Crippen LogP contribution in [0.15, 0.2) is 0 Å². The zero-order valence-corrected chi connectivity index (χ0v) is 12.2. The first-order valence-electron chi connectivity index (χ1n) is 7.43. The van der Waals surface area contributed by atoms with Crippen molar-refractivity contribution in [3.05, 3.63) is 0 Å². The summed E-state index contributed by atoms with van der Waals surface area (Å²) in [5, 5.41) is 13.0. The third-order valence-electron chi connectivity index (χ3n) is 5.00. The van der Waals surface area contributed by atoms with Crippen LogP contribution in [0.3, 0.4) is 0 Å². The van der Waals surface area contributed by atoms with Crippen LogP contribution in [0.2, 0.25) is 0 Å². The van der Waals surface area contributed by atoms with Crippen LogP contribution in [-0.2, 0) is 4.74 Å². The highest BCUT2D eigenvalue weighted by atomic mass is 16.5. The van der Waals surface area contributed by atoms with E-state index in [0.29, 0.717) is 24.0 Å². The van der Waals surface area contributed by atoms with Gasteiger partial charge >= 0.3 is 0 Å². The van der Waals surface area contributed by atoms with Crippen LogP contribution in [0.5, 0.6) is 0 Å². The molecule has 0 spiro atoms. The van der Waals surface area contributed by atoms with E-state index >= 15 is 0 Å². The van der Waals surface area contributed by atoms with Crippen molar-refractivity contribution >= 4 is 0 Å². The van der Waals surface area contributed by atoms with E-state index in [1.54, 1.807) is 0 Å². The first-order chi connectivity index (χ1) is 8.51. The Balaban J connectivity index is 1.80. The molecule has 0 radical (unpaired) electrons. The third-order valence-corrected chi connectivity index (χ3v) is 5.00. The molecule has 3 nitrogen and oxygen atoms in total. The SMILES string of the molecule is CNC(CO)(COC1CCC(C)(C)CC1)C1CC1. The van der Waals surface area contributed by atoms with Crippen LogP contribution in [0, 0.1) is 11.3 Å². The first-order valence-corrected chi connectivity index (χ1v) is 7.43. The molecular weight excluding hydrogens is 226 g/mol. The number of hydrogen-bond donors (Lipinski definition) is 2. The molecule has 2 rings (SSSR count). The molecule has 0 aromatic heterocycles. The molecule has 1 unspecified atom stereocenters. The summed E-state index contributed by atoms with van der Waals surface area (Å²) < 4.78 is 6.10. The molecule has 0 saturated heterocycles. The minimum Gasteiger partial charge on any atom is -0.394 e. The van der Waals surface area contributed by atoms with Gasteiger partial charge in [-0.1, -0.05) is 13.8 Å². The van der Waals surface area contributed by atoms with E-state index < -0.39 is 0 Å². The van der Waals surface area contributed by atoms with Gasteiger partial charge in [0, 0.05) is 0 Å². The van der Waals surface area contributed by atoms with E-state index in [-0.39, 0.29) is 12.1 Å². The van der Waals surface area contributed by atoms with Gasteiger partial charge in [-0.05, 0) is 56.9 Å². The van der Waals surface area contributed by atoms with Gasteiger partial charge in [-0.15, -0.1) is 0 Å². The molecule has 1 atom stereocenters. The van der Waals surface area contributed by atoms with Crippen molar-refractivity contribution in [2.75, 3.05) is 20.3 Å². The van der Waals surface area contributed by atoms with Crippen molar-refractivity contribution in [3.63, 3.8) is 0 Å². The number of aliphatic hydroxyl groups excluding tert-OH is 1. The Hall–Kier alpha value is -0.120. The number of ether oxygens (including phenoxy) is 1. The van der Waals surface area contributed by atoms with E-state index in [1.165, 1.54) is 38.5 Å². The zero-order valence-electron chi connectivity index (χ0n) is 12.2. The van der Waals surface area contributed by atoms with Crippen molar-refractivity contribution in [2.45, 2.75) is 64.0 Å². The van der Waals surface area contributed by atoms with Gasteiger partial charge in [0.15, 0.2) is 0 Å². The average Bonchev–Trinajstić information content (AvgIpc) is 3.17. The van der Waals surface area contributed by atoms with Crippen LogP contribution in [-0.4, -0.2) is 37.0 Å². The molecule has 0 amide bonds. The number of likely N-dealkylation sites (N-methyl/N-ethyl adjacent to an activating group) is 1. The van der Waals surface area contributed by atoms with Crippen LogP contribution in [0.25, 0.3) is 0 Å². The van der Waals surface area contributed by atoms with E-state index in [1.807, 2.05) is 7.05 Å². The molecule has 0 aromatic carbocycles. The fourth-order valence-corrected chi connectivity index (χ4v) is 3.09. The summed E-state index contributed by atoms with van der Waals surface area (Å²) in [6, 6.07) is 0. The maximum atomic E-state index is 9.66. The van der Waals surface area contributed by atoms with Gasteiger partial charge in [0.05, 0.1) is 24.9 Å². The van der Waals surface area contributed by atoms with Gasteiger partial charge in [-0.25, -0.2) is 0 Å². The van der Waals surface area contributed by atoms with Crippen LogP contribution in [0.4, 0.5) is 0 Å². The van der Waals surface area contributed by atoms with E-state index in [4.69, 9.17) is 4.74 Å². The molecule has 0 heterocycles. The predicted molar refractivity (Wildman–Crippen MR) is 73.6 cm³/mol. The fraction of sp³-hybridized carbons (Fsp3) is 1.00. The lowest BCUT2D eigenvalue weighted by Crippen LogP contribution is -2.53. The molecular formula is C15H29NO2. The summed E-state index contributed by atoms with van der Waals surface area (Å²) in [5.74, 6) is 0.604. The van der Waals surface area contributed by atoms with Gasteiger partial charge < -0.3 is 15.2 Å². The zero-order chi connectivity index (χ0) is 13.2. The third kappa shape index (κ3) is 3.25. The molecule has 0 aromatic rings. The standard InChI is InChI=1S/C15H29NO2/c1-14(2)8-6-13(7-9-14)18-11-15(10-17,16-3)12-4-5-12/h12-13,16-17H,4-11H2,1-3H3. The number of nitrogens with one attached hydrogen (secondary N) is 1. The second-order valence-electron chi connectivity index (χ2n) is 7.01. The summed E-state index contributed by atoms with van der Waals surface area (Å²) in [7, 11) is 1.95. The van der Waals surface area contributed by atoms with Crippen molar-refractivity contribution in [1.29, 1.82) is 0 Å². The molecule has 2 N–H and O–H groups in total. The lowest BCUT2D eigenvalue weighted by atomic mass is 9.76. The monoisotopic (exact) mass is 255 g/mol. The molecule has 2 aliphatic carbocycles. The number of hydrogen-bond acceptors (Lipinski definition) is 3. The minimum atomic E-state index is -0.188. The largest absolute Gasteiger partial charge is 0.394 e. The van der Waals surface area contributed by atoms with Crippen molar-refractivity contribution in [2.24, 2.45) is 11.3 Å². The first kappa shape index (κ1) is 14.3. The summed E-state index contributed by atoms with van der Waals surface area (Å²) in [4.78, 5) is 0. The molecule has 3 heteroatoms. The van der Waals surface area contributed by atoms with Gasteiger partial charge in [-0.2, -0.15) is 0 Å². The van der Waals surface area contributed by atoms with E-state index in [9.17, 15) is 5.11 Å². The maximum Gasteiger partial charge on any atom is 0.0677 e. The highest BCUT2D eigenvalue weighted by Gasteiger charge is 2.44. The smallest absolute Gasteiger partial charge is 0.0677 e. The highest BCUT2D eigenvalue weighted by Crippen LogP contribution is 2.41. The second kappa shape index (κ2) is 5.48. The summed E-state index contributed by atoms with van der Waals surface area (Å²) in [6.45, 7) is 5.54. The van der Waals surface area contributed by atoms with Gasteiger partial charge in [0.2, 0.25) is 0 Å². The topological polar surface area (TPSA) is 41.5 Å². The highest BCUT2D eigenvalue weighted by molar-refractivity contribution is 5.00. The van der Waals surface area contributed by atoms with Gasteiger partial charge in [-0.3, -0.25) is 0 Å². The van der Waals surface area contributed by atoms with Crippen LogP contribution >= 0.6 is 0 Å². The summed E-state index contributed by atoms with van der Waals surface area (Å²) >= 11 is 0. The van der Waals surface area contributed by atoms with Crippen molar-refractivity contribution in [3.8, 4) is 0 Å².